The van der Waals surface area contributed by atoms with Crippen LogP contribution in [-0.2, 0) is 27.6 Å². The van der Waals surface area contributed by atoms with Crippen molar-refractivity contribution in [3.05, 3.63) is 59.7 Å². The first kappa shape index (κ1) is 24.3. The third-order valence-electron chi connectivity index (χ3n) is 6.66. The van der Waals surface area contributed by atoms with Crippen molar-refractivity contribution in [2.24, 2.45) is 0 Å². The lowest BCUT2D eigenvalue weighted by Gasteiger charge is -2.34. The lowest BCUT2D eigenvalue weighted by molar-refractivity contribution is -0.167. The Bertz CT molecular complexity index is 1060. The van der Waals surface area contributed by atoms with Crippen molar-refractivity contribution >= 4 is 10.0 Å². The largest absolute Gasteiger partial charge is 0.381 e. The summed E-state index contributed by atoms with van der Waals surface area (Å²) in [5.41, 5.74) is 4.29. The molecular formula is C25H32F2N2O3S. The number of alkyl halides is 2. The molecule has 0 aromatic heterocycles. The van der Waals surface area contributed by atoms with Crippen molar-refractivity contribution in [1.29, 1.82) is 0 Å². The van der Waals surface area contributed by atoms with Gasteiger partial charge in [0.1, 0.15) is 0 Å². The lowest BCUT2D eigenvalue weighted by atomic mass is 9.93. The van der Waals surface area contributed by atoms with Crippen LogP contribution in [-0.4, -0.2) is 57.0 Å². The molecule has 180 valence electrons. The molecule has 2 aliphatic rings. The van der Waals surface area contributed by atoms with E-state index in [1.165, 1.54) is 10.5 Å². The van der Waals surface area contributed by atoms with Crippen LogP contribution in [0.3, 0.4) is 0 Å². The molecule has 4 rings (SSSR count). The molecule has 2 atom stereocenters. The summed E-state index contributed by atoms with van der Waals surface area (Å²) in [4.78, 5) is 1.18. The quantitative estimate of drug-likeness (QED) is 0.671. The molecule has 2 aromatic rings. The van der Waals surface area contributed by atoms with E-state index in [-0.39, 0.29) is 18.9 Å². The molecule has 2 aliphatic heterocycles. The van der Waals surface area contributed by atoms with E-state index < -0.39 is 34.6 Å². The summed E-state index contributed by atoms with van der Waals surface area (Å²) in [5, 5.41) is 0. The number of hydrogen-bond acceptors (Lipinski definition) is 4. The van der Waals surface area contributed by atoms with Crippen LogP contribution >= 0.6 is 0 Å². The number of hydrogen-bond donors (Lipinski definition) is 1. The maximum Gasteiger partial charge on any atom is 0.307 e. The van der Waals surface area contributed by atoms with Crippen LogP contribution in [0.1, 0.15) is 37.3 Å². The molecule has 1 saturated heterocycles. The highest BCUT2D eigenvalue weighted by Crippen LogP contribution is 2.35. The Labute approximate surface area is 195 Å². The number of fused-ring (bicyclic) bond motifs is 5. The highest BCUT2D eigenvalue weighted by Gasteiger charge is 2.48. The van der Waals surface area contributed by atoms with Gasteiger partial charge in [-0.05, 0) is 54.9 Å². The Morgan fingerprint density at radius 1 is 1.15 bits per heavy atom. The number of aryl methyl sites for hydroxylation is 1. The molecular weight excluding hydrogens is 446 g/mol. The standard InChI is InChI=1S/C25H32F2N2O3S/c1-2-33(30,31)28-23-12-14-29-24(23)18-19-7-5-9-21(17-19)22-11-4-3-8-20(22)10-6-15-32-16-13-25(29,26)27/h3-5,7-9,11,17,23-24,28H,2,6,10,12-16,18H2,1H3. The molecule has 0 spiro atoms. The number of nitrogens with zero attached hydrogens (tertiary/aromatic N) is 1. The predicted octanol–water partition coefficient (Wildman–Crippen LogP) is 4.22. The van der Waals surface area contributed by atoms with Crippen molar-refractivity contribution in [3.8, 4) is 11.1 Å². The molecule has 0 saturated carbocycles. The van der Waals surface area contributed by atoms with Gasteiger partial charge in [-0.2, -0.15) is 8.78 Å². The summed E-state index contributed by atoms with van der Waals surface area (Å²) >= 11 is 0. The van der Waals surface area contributed by atoms with Gasteiger partial charge < -0.3 is 4.74 Å². The summed E-state index contributed by atoms with van der Waals surface area (Å²) in [5.74, 6) is -0.0767. The average Bonchev–Trinajstić information content (AvgIpc) is 3.18. The second kappa shape index (κ2) is 10.2. The molecule has 0 aliphatic carbocycles. The molecule has 0 amide bonds. The summed E-state index contributed by atoms with van der Waals surface area (Å²) in [6, 6.07) is 11.9. The molecule has 2 unspecified atom stereocenters. The highest BCUT2D eigenvalue weighted by atomic mass is 32.2. The van der Waals surface area contributed by atoms with Crippen molar-refractivity contribution in [3.63, 3.8) is 0 Å². The van der Waals surface area contributed by atoms with Gasteiger partial charge >= 0.3 is 6.05 Å². The maximum atomic E-state index is 15.3. The SMILES string of the molecule is CCS(=O)(=O)NC1CCN2C1Cc1cccc(c1)-c1ccccc1CCCOCCC2(F)F. The molecule has 5 nitrogen and oxygen atoms in total. The van der Waals surface area contributed by atoms with Crippen molar-refractivity contribution in [2.45, 2.75) is 57.2 Å². The van der Waals surface area contributed by atoms with Gasteiger partial charge in [-0.25, -0.2) is 18.0 Å². The maximum absolute atomic E-state index is 15.3. The monoisotopic (exact) mass is 478 g/mol. The van der Waals surface area contributed by atoms with Gasteiger partial charge in [-0.3, -0.25) is 0 Å². The first-order chi connectivity index (χ1) is 15.8. The third-order valence-corrected chi connectivity index (χ3v) is 8.08. The average molecular weight is 479 g/mol. The van der Waals surface area contributed by atoms with Crippen LogP contribution < -0.4 is 4.72 Å². The number of nitrogens with one attached hydrogen (secondary N) is 1. The van der Waals surface area contributed by atoms with E-state index in [0.717, 1.165) is 29.5 Å². The van der Waals surface area contributed by atoms with Gasteiger partial charge in [-0.15, -0.1) is 0 Å². The second-order valence-electron chi connectivity index (χ2n) is 8.87. The first-order valence-corrected chi connectivity index (χ1v) is 13.3. The van der Waals surface area contributed by atoms with Crippen molar-refractivity contribution < 1.29 is 21.9 Å². The van der Waals surface area contributed by atoms with Crippen LogP contribution in [0.2, 0.25) is 0 Å². The number of rotatable bonds is 3. The zero-order valence-corrected chi connectivity index (χ0v) is 19.8. The summed E-state index contributed by atoms with van der Waals surface area (Å²) < 4.78 is 63.3. The zero-order chi connectivity index (χ0) is 23.5. The normalized spacial score (nSPS) is 24.3. The molecule has 8 heteroatoms. The Morgan fingerprint density at radius 2 is 1.97 bits per heavy atom. The van der Waals surface area contributed by atoms with E-state index >= 15 is 8.78 Å². The summed E-state index contributed by atoms with van der Waals surface area (Å²) in [6.07, 6.45) is 1.85. The molecule has 1 N–H and O–H groups in total. The van der Waals surface area contributed by atoms with Gasteiger partial charge in [0.25, 0.3) is 0 Å². The minimum absolute atomic E-state index is 0.0308. The fraction of sp³-hybridized carbons (Fsp3) is 0.520. The second-order valence-corrected chi connectivity index (χ2v) is 10.9. The van der Waals surface area contributed by atoms with E-state index in [4.69, 9.17) is 4.74 Å². The number of sulfonamides is 1. The Balaban J connectivity index is 1.71. The molecule has 33 heavy (non-hydrogen) atoms. The number of halogens is 2. The van der Waals surface area contributed by atoms with E-state index in [9.17, 15) is 8.42 Å². The first-order valence-electron chi connectivity index (χ1n) is 11.7. The fourth-order valence-electron chi connectivity index (χ4n) is 4.90. The topological polar surface area (TPSA) is 58.6 Å². The van der Waals surface area contributed by atoms with Crippen LogP contribution in [0.15, 0.2) is 48.5 Å². The third kappa shape index (κ3) is 5.80. The Hall–Kier alpha value is -1.87. The summed E-state index contributed by atoms with van der Waals surface area (Å²) in [7, 11) is -3.51. The molecule has 2 heterocycles. The van der Waals surface area contributed by atoms with Gasteiger partial charge in [0.15, 0.2) is 0 Å². The van der Waals surface area contributed by atoms with Crippen LogP contribution in [0.25, 0.3) is 11.1 Å². The Kier molecular flexibility index (Phi) is 7.48. The fourth-order valence-corrected chi connectivity index (χ4v) is 5.80. The molecule has 0 radical (unpaired) electrons. The molecule has 2 aromatic carbocycles. The minimum atomic E-state index is -3.51. The molecule has 2 bridgehead atoms. The lowest BCUT2D eigenvalue weighted by Crippen LogP contribution is -2.52. The minimum Gasteiger partial charge on any atom is -0.381 e. The van der Waals surface area contributed by atoms with Crippen LogP contribution in [0, 0.1) is 0 Å². The smallest absolute Gasteiger partial charge is 0.307 e. The molecule has 1 fully saturated rings. The van der Waals surface area contributed by atoms with Gasteiger partial charge in [0, 0.05) is 31.7 Å². The number of benzene rings is 2. The van der Waals surface area contributed by atoms with Gasteiger partial charge in [0.2, 0.25) is 10.0 Å². The Morgan fingerprint density at radius 3 is 2.79 bits per heavy atom. The van der Waals surface area contributed by atoms with Crippen LogP contribution in [0.5, 0.6) is 0 Å². The van der Waals surface area contributed by atoms with Gasteiger partial charge in [0.05, 0.1) is 12.4 Å². The van der Waals surface area contributed by atoms with Gasteiger partial charge in [-0.1, -0.05) is 48.5 Å². The van der Waals surface area contributed by atoms with Crippen LogP contribution in [0.4, 0.5) is 8.78 Å². The van der Waals surface area contributed by atoms with Crippen molar-refractivity contribution in [2.75, 3.05) is 25.5 Å². The number of ether oxygens (including phenoxy) is 1. The zero-order valence-electron chi connectivity index (χ0n) is 19.0. The summed E-state index contributed by atoms with van der Waals surface area (Å²) in [6.45, 7) is 2.08. The predicted molar refractivity (Wildman–Crippen MR) is 126 cm³/mol. The van der Waals surface area contributed by atoms with Crippen molar-refractivity contribution in [1.82, 2.24) is 9.62 Å². The highest BCUT2D eigenvalue weighted by molar-refractivity contribution is 7.89. The van der Waals surface area contributed by atoms with E-state index in [2.05, 4.69) is 22.9 Å². The van der Waals surface area contributed by atoms with E-state index in [0.29, 0.717) is 19.4 Å². The van der Waals surface area contributed by atoms with E-state index in [1.807, 2.05) is 30.3 Å². The van der Waals surface area contributed by atoms with E-state index in [1.54, 1.807) is 6.92 Å².